The van der Waals surface area contributed by atoms with Gasteiger partial charge in [0, 0.05) is 23.1 Å². The van der Waals surface area contributed by atoms with Gasteiger partial charge in [-0.2, -0.15) is 0 Å². The normalized spacial score (nSPS) is 10.1. The van der Waals surface area contributed by atoms with Crippen LogP contribution in [0, 0.1) is 0 Å². The molecule has 0 spiro atoms. The van der Waals surface area contributed by atoms with Gasteiger partial charge in [-0.15, -0.1) is 23.1 Å². The summed E-state index contributed by atoms with van der Waals surface area (Å²) in [4.78, 5) is 12.3. The first-order valence-electron chi connectivity index (χ1n) is 3.52. The average Bonchev–Trinajstić information content (AvgIpc) is 2.53. The van der Waals surface area contributed by atoms with Gasteiger partial charge in [-0.25, -0.2) is 0 Å². The fourth-order valence-electron chi connectivity index (χ4n) is 0.715. The molecule has 0 aromatic carbocycles. The number of methoxy groups -OCH3 is 1. The molecule has 0 radical (unpaired) electrons. The molecule has 1 rings (SSSR count). The van der Waals surface area contributed by atoms with E-state index in [1.54, 1.807) is 18.9 Å². The molecule has 0 fully saturated rings. The molecule has 0 unspecified atom stereocenters. The molecule has 1 aromatic heterocycles. The van der Waals surface area contributed by atoms with E-state index in [-0.39, 0.29) is 0 Å². The highest BCUT2D eigenvalue weighted by molar-refractivity contribution is 7.99. The first-order chi connectivity index (χ1) is 5.86. The summed E-state index contributed by atoms with van der Waals surface area (Å²) in [5, 5.41) is 1.99. The number of carbonyl (C=O) groups excluding carboxylic acids is 1. The predicted octanol–water partition coefficient (Wildman–Crippen LogP) is 2.30. The molecule has 1 aromatic rings. The van der Waals surface area contributed by atoms with E-state index < -0.39 is 0 Å². The molecule has 1 heterocycles. The van der Waals surface area contributed by atoms with E-state index in [0.717, 1.165) is 28.4 Å². The molecule has 4 heteroatoms. The van der Waals surface area contributed by atoms with Gasteiger partial charge in [0.1, 0.15) is 0 Å². The number of thiophene rings is 1. The fraction of sp³-hybridized carbons (Fsp3) is 0.375. The van der Waals surface area contributed by atoms with Gasteiger partial charge in [-0.05, 0) is 6.07 Å². The zero-order chi connectivity index (χ0) is 8.81. The van der Waals surface area contributed by atoms with Crippen molar-refractivity contribution in [3.63, 3.8) is 0 Å². The van der Waals surface area contributed by atoms with E-state index >= 15 is 0 Å². The zero-order valence-corrected chi connectivity index (χ0v) is 8.41. The Hall–Kier alpha value is -0.320. The van der Waals surface area contributed by atoms with Crippen LogP contribution in [-0.2, 0) is 4.74 Å². The van der Waals surface area contributed by atoms with E-state index in [1.165, 1.54) is 11.3 Å². The van der Waals surface area contributed by atoms with Crippen molar-refractivity contribution in [2.45, 2.75) is 4.90 Å². The van der Waals surface area contributed by atoms with Crippen LogP contribution in [-0.4, -0.2) is 25.8 Å². The van der Waals surface area contributed by atoms with Gasteiger partial charge in [0.2, 0.25) is 0 Å². The SMILES string of the molecule is COCCSc1csc(C=O)c1. The van der Waals surface area contributed by atoms with Crippen LogP contribution < -0.4 is 0 Å². The third-order valence-electron chi connectivity index (χ3n) is 1.27. The summed E-state index contributed by atoms with van der Waals surface area (Å²) in [6.45, 7) is 0.747. The van der Waals surface area contributed by atoms with Gasteiger partial charge in [0.25, 0.3) is 0 Å². The Kier molecular flexibility index (Phi) is 4.35. The van der Waals surface area contributed by atoms with Crippen LogP contribution >= 0.6 is 23.1 Å². The first kappa shape index (κ1) is 9.77. The Morgan fingerprint density at radius 2 is 2.58 bits per heavy atom. The lowest BCUT2D eigenvalue weighted by Crippen LogP contribution is -1.89. The number of hydrogen-bond acceptors (Lipinski definition) is 4. The summed E-state index contributed by atoms with van der Waals surface area (Å²) in [5.74, 6) is 0.936. The molecule has 0 N–H and O–H groups in total. The van der Waals surface area contributed by atoms with Crippen LogP contribution in [0.3, 0.4) is 0 Å². The van der Waals surface area contributed by atoms with Gasteiger partial charge >= 0.3 is 0 Å². The van der Waals surface area contributed by atoms with Crippen molar-refractivity contribution >= 4 is 29.4 Å². The highest BCUT2D eigenvalue weighted by Crippen LogP contribution is 2.23. The van der Waals surface area contributed by atoms with Crippen molar-refractivity contribution in [3.05, 3.63) is 16.3 Å². The summed E-state index contributed by atoms with van der Waals surface area (Å²) < 4.78 is 4.91. The van der Waals surface area contributed by atoms with Crippen LogP contribution in [0.1, 0.15) is 9.67 Å². The minimum atomic E-state index is 0.747. The Balaban J connectivity index is 2.36. The Bertz CT molecular complexity index is 245. The maximum Gasteiger partial charge on any atom is 0.160 e. The number of rotatable bonds is 5. The molecule has 0 saturated carbocycles. The van der Waals surface area contributed by atoms with E-state index in [1.807, 2.05) is 11.4 Å². The predicted molar refractivity (Wildman–Crippen MR) is 52.3 cm³/mol. The second-order valence-electron chi connectivity index (χ2n) is 2.14. The van der Waals surface area contributed by atoms with Crippen molar-refractivity contribution in [1.82, 2.24) is 0 Å². The summed E-state index contributed by atoms with van der Waals surface area (Å²) >= 11 is 3.19. The maximum absolute atomic E-state index is 10.3. The van der Waals surface area contributed by atoms with Gasteiger partial charge in [0.15, 0.2) is 6.29 Å². The van der Waals surface area contributed by atoms with Crippen LogP contribution in [0.2, 0.25) is 0 Å². The second-order valence-corrected chi connectivity index (χ2v) is 4.26. The number of hydrogen-bond donors (Lipinski definition) is 0. The number of carbonyl (C=O) groups is 1. The lowest BCUT2D eigenvalue weighted by atomic mass is 10.5. The molecule has 0 atom stereocenters. The Labute approximate surface area is 79.9 Å². The van der Waals surface area contributed by atoms with Crippen molar-refractivity contribution in [1.29, 1.82) is 0 Å². The molecule has 2 nitrogen and oxygen atoms in total. The van der Waals surface area contributed by atoms with Crippen molar-refractivity contribution in [2.24, 2.45) is 0 Å². The van der Waals surface area contributed by atoms with Gasteiger partial charge in [-0.3, -0.25) is 4.79 Å². The Morgan fingerprint density at radius 1 is 1.75 bits per heavy atom. The van der Waals surface area contributed by atoms with Crippen molar-refractivity contribution in [3.8, 4) is 0 Å². The number of thioether (sulfide) groups is 1. The van der Waals surface area contributed by atoms with E-state index in [9.17, 15) is 4.79 Å². The Morgan fingerprint density at radius 3 is 3.17 bits per heavy atom. The van der Waals surface area contributed by atoms with Crippen LogP contribution in [0.4, 0.5) is 0 Å². The summed E-state index contributed by atoms with van der Waals surface area (Å²) in [5.41, 5.74) is 0. The topological polar surface area (TPSA) is 26.3 Å². The zero-order valence-electron chi connectivity index (χ0n) is 6.78. The number of ether oxygens (including phenoxy) is 1. The summed E-state index contributed by atoms with van der Waals surface area (Å²) in [6.07, 6.45) is 0.880. The molecule has 66 valence electrons. The fourth-order valence-corrected chi connectivity index (χ4v) is 2.47. The van der Waals surface area contributed by atoms with Crippen molar-refractivity contribution in [2.75, 3.05) is 19.5 Å². The van der Waals surface area contributed by atoms with Crippen LogP contribution in [0.5, 0.6) is 0 Å². The minimum absolute atomic E-state index is 0.747. The van der Waals surface area contributed by atoms with Gasteiger partial charge in [0.05, 0.1) is 11.5 Å². The summed E-state index contributed by atoms with van der Waals surface area (Å²) in [7, 11) is 1.69. The quantitative estimate of drug-likeness (QED) is 0.416. The third kappa shape index (κ3) is 2.97. The van der Waals surface area contributed by atoms with Crippen LogP contribution in [0.25, 0.3) is 0 Å². The largest absolute Gasteiger partial charge is 0.384 e. The molecule has 12 heavy (non-hydrogen) atoms. The highest BCUT2D eigenvalue weighted by Gasteiger charge is 1.98. The van der Waals surface area contributed by atoms with E-state index in [0.29, 0.717) is 0 Å². The molecule has 0 saturated heterocycles. The van der Waals surface area contributed by atoms with Gasteiger partial charge < -0.3 is 4.74 Å². The molecule has 0 amide bonds. The molecule has 0 aliphatic heterocycles. The number of aldehydes is 1. The summed E-state index contributed by atoms with van der Waals surface area (Å²) in [6, 6.07) is 1.90. The lowest BCUT2D eigenvalue weighted by molar-refractivity contribution is 0.112. The first-order valence-corrected chi connectivity index (χ1v) is 5.39. The van der Waals surface area contributed by atoms with Crippen molar-refractivity contribution < 1.29 is 9.53 Å². The molecular weight excluding hydrogens is 192 g/mol. The smallest absolute Gasteiger partial charge is 0.160 e. The molecule has 0 aliphatic carbocycles. The molecular formula is C8H10O2S2. The van der Waals surface area contributed by atoms with E-state index in [2.05, 4.69) is 0 Å². The van der Waals surface area contributed by atoms with Gasteiger partial charge in [-0.1, -0.05) is 0 Å². The highest BCUT2D eigenvalue weighted by atomic mass is 32.2. The second kappa shape index (κ2) is 5.35. The maximum atomic E-state index is 10.3. The molecule has 0 aliphatic rings. The standard InChI is InChI=1S/C8H10O2S2/c1-10-2-3-11-8-4-7(5-9)12-6-8/h4-6H,2-3H2,1H3. The average molecular weight is 202 g/mol. The minimum Gasteiger partial charge on any atom is -0.384 e. The third-order valence-corrected chi connectivity index (χ3v) is 3.22. The van der Waals surface area contributed by atoms with E-state index in [4.69, 9.17) is 4.74 Å². The monoisotopic (exact) mass is 202 g/mol. The van der Waals surface area contributed by atoms with Crippen LogP contribution in [0.15, 0.2) is 16.3 Å². The molecule has 0 bridgehead atoms. The lowest BCUT2D eigenvalue weighted by Gasteiger charge is -1.95.